The Morgan fingerprint density at radius 1 is 1.40 bits per heavy atom. The van der Waals surface area contributed by atoms with Gasteiger partial charge in [-0.15, -0.1) is 0 Å². The molecule has 0 radical (unpaired) electrons. The van der Waals surface area contributed by atoms with E-state index in [2.05, 4.69) is 0 Å². The Morgan fingerprint density at radius 3 is 2.60 bits per heavy atom. The Bertz CT molecular complexity index is 244. The van der Waals surface area contributed by atoms with Gasteiger partial charge in [-0.3, -0.25) is 4.79 Å². The van der Waals surface area contributed by atoms with E-state index in [1.54, 1.807) is 6.92 Å². The lowest BCUT2D eigenvalue weighted by atomic mass is 9.76. The van der Waals surface area contributed by atoms with Gasteiger partial charge in [0.2, 0.25) is 5.91 Å². The van der Waals surface area contributed by atoms with Crippen molar-refractivity contribution in [3.63, 3.8) is 0 Å². The first-order valence-corrected chi connectivity index (χ1v) is 6.07. The van der Waals surface area contributed by atoms with Crippen LogP contribution in [0.25, 0.3) is 0 Å². The van der Waals surface area contributed by atoms with Gasteiger partial charge >= 0.3 is 0 Å². The predicted octanol–water partition coefficient (Wildman–Crippen LogP) is 1.55. The summed E-state index contributed by atoms with van der Waals surface area (Å²) in [4.78, 5) is 13.7. The third-order valence-electron chi connectivity index (χ3n) is 3.94. The van der Waals surface area contributed by atoms with E-state index in [0.717, 1.165) is 19.4 Å². The molecule has 1 saturated heterocycles. The van der Waals surface area contributed by atoms with Gasteiger partial charge in [0.1, 0.15) is 0 Å². The Balaban J connectivity index is 1.93. The SMILES string of the molecule is CC(O)CN1CCC2(CCCC2)CC1=O. The minimum atomic E-state index is -0.397. The van der Waals surface area contributed by atoms with Gasteiger partial charge in [-0.2, -0.15) is 0 Å². The number of piperidine rings is 1. The Morgan fingerprint density at radius 2 is 2.07 bits per heavy atom. The van der Waals surface area contributed by atoms with E-state index in [-0.39, 0.29) is 5.91 Å². The fraction of sp³-hybridized carbons (Fsp3) is 0.917. The molecule has 86 valence electrons. The summed E-state index contributed by atoms with van der Waals surface area (Å²) in [7, 11) is 0. The third-order valence-corrected chi connectivity index (χ3v) is 3.94. The lowest BCUT2D eigenvalue weighted by molar-refractivity contribution is -0.139. The lowest BCUT2D eigenvalue weighted by Crippen LogP contribution is -2.45. The van der Waals surface area contributed by atoms with Crippen LogP contribution in [0.15, 0.2) is 0 Å². The summed E-state index contributed by atoms with van der Waals surface area (Å²) >= 11 is 0. The van der Waals surface area contributed by atoms with E-state index < -0.39 is 6.10 Å². The molecule has 1 amide bonds. The fourth-order valence-corrected chi connectivity index (χ4v) is 3.08. The standard InChI is InChI=1S/C12H21NO2/c1-10(14)9-13-7-6-12(8-11(13)15)4-2-3-5-12/h10,14H,2-9H2,1H3. The van der Waals surface area contributed by atoms with Gasteiger partial charge in [0, 0.05) is 19.5 Å². The van der Waals surface area contributed by atoms with E-state index in [9.17, 15) is 9.90 Å². The second-order valence-electron chi connectivity index (χ2n) is 5.32. The van der Waals surface area contributed by atoms with Crippen LogP contribution in [0.2, 0.25) is 0 Å². The predicted molar refractivity (Wildman–Crippen MR) is 58.4 cm³/mol. The van der Waals surface area contributed by atoms with Crippen molar-refractivity contribution in [1.82, 2.24) is 4.90 Å². The summed E-state index contributed by atoms with van der Waals surface area (Å²) in [6.45, 7) is 3.10. The number of hydrogen-bond acceptors (Lipinski definition) is 2. The van der Waals surface area contributed by atoms with E-state index in [1.807, 2.05) is 4.90 Å². The number of β-amino-alcohol motifs (C(OH)–C–C–N with tert-alkyl or cyclic N) is 1. The fourth-order valence-electron chi connectivity index (χ4n) is 3.08. The second kappa shape index (κ2) is 4.12. The lowest BCUT2D eigenvalue weighted by Gasteiger charge is -2.39. The molecule has 1 aliphatic heterocycles. The summed E-state index contributed by atoms with van der Waals surface area (Å²) < 4.78 is 0. The Kier molecular flexibility index (Phi) is 3.01. The molecule has 1 N–H and O–H groups in total. The van der Waals surface area contributed by atoms with E-state index in [0.29, 0.717) is 12.0 Å². The Hall–Kier alpha value is -0.570. The van der Waals surface area contributed by atoms with Crippen LogP contribution in [-0.4, -0.2) is 35.1 Å². The largest absolute Gasteiger partial charge is 0.392 e. The first-order valence-electron chi connectivity index (χ1n) is 6.07. The molecule has 1 spiro atoms. The molecule has 0 aromatic heterocycles. The number of aliphatic hydroxyl groups excluding tert-OH is 1. The smallest absolute Gasteiger partial charge is 0.223 e. The molecule has 1 heterocycles. The maximum atomic E-state index is 11.9. The van der Waals surface area contributed by atoms with Crippen molar-refractivity contribution in [3.05, 3.63) is 0 Å². The highest BCUT2D eigenvalue weighted by Crippen LogP contribution is 2.46. The van der Waals surface area contributed by atoms with Crippen molar-refractivity contribution in [2.45, 2.75) is 51.6 Å². The Labute approximate surface area is 91.5 Å². The molecule has 0 bridgehead atoms. The van der Waals surface area contributed by atoms with Gasteiger partial charge in [-0.05, 0) is 31.6 Å². The van der Waals surface area contributed by atoms with Crippen LogP contribution in [0.3, 0.4) is 0 Å². The normalized spacial score (nSPS) is 27.3. The van der Waals surface area contributed by atoms with Crippen LogP contribution < -0.4 is 0 Å². The first-order chi connectivity index (χ1) is 7.11. The van der Waals surface area contributed by atoms with E-state index >= 15 is 0 Å². The average molecular weight is 211 g/mol. The molecule has 1 saturated carbocycles. The van der Waals surface area contributed by atoms with Gasteiger partial charge in [-0.1, -0.05) is 12.8 Å². The van der Waals surface area contributed by atoms with Crippen LogP contribution in [0, 0.1) is 5.41 Å². The van der Waals surface area contributed by atoms with Crippen molar-refractivity contribution >= 4 is 5.91 Å². The van der Waals surface area contributed by atoms with Gasteiger partial charge in [-0.25, -0.2) is 0 Å². The van der Waals surface area contributed by atoms with Crippen molar-refractivity contribution in [2.75, 3.05) is 13.1 Å². The van der Waals surface area contributed by atoms with Crippen LogP contribution in [0.1, 0.15) is 45.4 Å². The number of rotatable bonds is 2. The van der Waals surface area contributed by atoms with Crippen LogP contribution in [0.5, 0.6) is 0 Å². The van der Waals surface area contributed by atoms with E-state index in [4.69, 9.17) is 0 Å². The third kappa shape index (κ3) is 2.33. The van der Waals surface area contributed by atoms with Crippen LogP contribution in [0.4, 0.5) is 0 Å². The van der Waals surface area contributed by atoms with Crippen molar-refractivity contribution in [2.24, 2.45) is 5.41 Å². The summed E-state index contributed by atoms with van der Waals surface area (Å²) in [5.74, 6) is 0.254. The van der Waals surface area contributed by atoms with Gasteiger partial charge in [0.15, 0.2) is 0 Å². The van der Waals surface area contributed by atoms with Crippen molar-refractivity contribution < 1.29 is 9.90 Å². The van der Waals surface area contributed by atoms with Crippen molar-refractivity contribution in [3.8, 4) is 0 Å². The van der Waals surface area contributed by atoms with Gasteiger partial charge in [0.25, 0.3) is 0 Å². The summed E-state index contributed by atoms with van der Waals surface area (Å²) in [6.07, 6.45) is 6.53. The maximum absolute atomic E-state index is 11.9. The quantitative estimate of drug-likeness (QED) is 0.753. The zero-order chi connectivity index (χ0) is 10.9. The molecule has 2 fully saturated rings. The monoisotopic (exact) mass is 211 g/mol. The molecule has 2 aliphatic rings. The number of likely N-dealkylation sites (tertiary alicyclic amines) is 1. The van der Waals surface area contributed by atoms with Crippen LogP contribution >= 0.6 is 0 Å². The second-order valence-corrected chi connectivity index (χ2v) is 5.32. The van der Waals surface area contributed by atoms with Gasteiger partial charge in [0.05, 0.1) is 6.10 Å². The molecular weight excluding hydrogens is 190 g/mol. The summed E-state index contributed by atoms with van der Waals surface area (Å²) in [5.41, 5.74) is 0.340. The molecule has 3 nitrogen and oxygen atoms in total. The molecule has 3 heteroatoms. The number of amides is 1. The molecule has 1 atom stereocenters. The van der Waals surface area contributed by atoms with E-state index in [1.165, 1.54) is 25.7 Å². The minimum Gasteiger partial charge on any atom is -0.392 e. The summed E-state index contributed by atoms with van der Waals surface area (Å²) in [6, 6.07) is 0. The molecule has 1 unspecified atom stereocenters. The highest BCUT2D eigenvalue weighted by atomic mass is 16.3. The number of aliphatic hydroxyl groups is 1. The number of carbonyl (C=O) groups is 1. The molecular formula is C12H21NO2. The molecule has 2 rings (SSSR count). The average Bonchev–Trinajstić information content (AvgIpc) is 2.59. The number of hydrogen-bond donors (Lipinski definition) is 1. The highest BCUT2D eigenvalue weighted by molar-refractivity contribution is 5.77. The zero-order valence-electron chi connectivity index (χ0n) is 9.54. The van der Waals surface area contributed by atoms with Crippen LogP contribution in [-0.2, 0) is 4.79 Å². The minimum absolute atomic E-state index is 0.254. The van der Waals surface area contributed by atoms with Crippen molar-refractivity contribution in [1.29, 1.82) is 0 Å². The summed E-state index contributed by atoms with van der Waals surface area (Å²) in [5, 5.41) is 9.29. The molecule has 15 heavy (non-hydrogen) atoms. The maximum Gasteiger partial charge on any atom is 0.223 e. The van der Waals surface area contributed by atoms with Gasteiger partial charge < -0.3 is 10.0 Å². The number of carbonyl (C=O) groups excluding carboxylic acids is 1. The molecule has 1 aliphatic carbocycles. The highest BCUT2D eigenvalue weighted by Gasteiger charge is 2.40. The molecule has 0 aromatic carbocycles. The first kappa shape index (κ1) is 10.9. The topological polar surface area (TPSA) is 40.5 Å². The number of nitrogens with zero attached hydrogens (tertiary/aromatic N) is 1. The molecule has 0 aromatic rings. The zero-order valence-corrected chi connectivity index (χ0v) is 9.54.